The highest BCUT2D eigenvalue weighted by atomic mass is 16.6. The summed E-state index contributed by atoms with van der Waals surface area (Å²) in [5.41, 5.74) is 1.17. The Morgan fingerprint density at radius 3 is 2.21 bits per heavy atom. The van der Waals surface area contributed by atoms with Crippen molar-refractivity contribution >= 4 is 23.6 Å². The minimum atomic E-state index is -1.18. The van der Waals surface area contributed by atoms with Crippen LogP contribution in [0.3, 0.4) is 0 Å². The first-order valence-electron chi connectivity index (χ1n) is 11.4. The lowest BCUT2D eigenvalue weighted by Gasteiger charge is -2.46. The average Bonchev–Trinajstić information content (AvgIpc) is 3.23. The van der Waals surface area contributed by atoms with Crippen LogP contribution in [0.5, 0.6) is 0 Å². The molecule has 174 valence electrons. The van der Waals surface area contributed by atoms with Gasteiger partial charge >= 0.3 is 6.09 Å². The number of ether oxygens (including phenoxy) is 1. The van der Waals surface area contributed by atoms with Crippen LogP contribution >= 0.6 is 0 Å². The molecule has 0 saturated carbocycles. The number of hydrogen-bond acceptors (Lipinski definition) is 4. The lowest BCUT2D eigenvalue weighted by Crippen LogP contribution is -2.59. The van der Waals surface area contributed by atoms with Gasteiger partial charge in [-0.1, -0.05) is 36.4 Å². The van der Waals surface area contributed by atoms with Crippen molar-refractivity contribution in [2.75, 3.05) is 4.90 Å². The summed E-state index contributed by atoms with van der Waals surface area (Å²) in [7, 11) is 0. The van der Waals surface area contributed by atoms with Crippen molar-refractivity contribution < 1.29 is 19.1 Å². The lowest BCUT2D eigenvalue weighted by molar-refractivity contribution is -0.135. The Bertz CT molecular complexity index is 1250. The van der Waals surface area contributed by atoms with Gasteiger partial charge in [0.15, 0.2) is 0 Å². The molecule has 5 rings (SSSR count). The van der Waals surface area contributed by atoms with Gasteiger partial charge in [0, 0.05) is 11.9 Å². The van der Waals surface area contributed by atoms with Crippen LogP contribution in [0.1, 0.15) is 44.9 Å². The predicted octanol–water partition coefficient (Wildman–Crippen LogP) is 4.78. The third-order valence-electron chi connectivity index (χ3n) is 6.34. The second-order valence-electron chi connectivity index (χ2n) is 9.80. The molecule has 0 radical (unpaired) electrons. The third kappa shape index (κ3) is 3.57. The fourth-order valence-electron chi connectivity index (χ4n) is 4.96. The fourth-order valence-corrected chi connectivity index (χ4v) is 4.96. The maximum absolute atomic E-state index is 13.6. The minimum Gasteiger partial charge on any atom is -0.444 e. The number of carbonyl (C=O) groups excluding carboxylic acids is 3. The van der Waals surface area contributed by atoms with Gasteiger partial charge in [-0.25, -0.2) is 4.79 Å². The van der Waals surface area contributed by atoms with Crippen molar-refractivity contribution in [2.24, 2.45) is 0 Å². The number of nitrogens with zero attached hydrogens (tertiary/aromatic N) is 3. The number of amides is 3. The first-order chi connectivity index (χ1) is 16.2. The molecule has 3 heterocycles. The molecule has 2 aliphatic heterocycles. The minimum absolute atomic E-state index is 0.0368. The normalized spacial score (nSPS) is 17.3. The molecule has 0 aliphatic carbocycles. The quantitative estimate of drug-likeness (QED) is 0.493. The Morgan fingerprint density at radius 2 is 1.53 bits per heavy atom. The van der Waals surface area contributed by atoms with Crippen LogP contribution in [0.25, 0.3) is 5.69 Å². The molecule has 1 fully saturated rings. The van der Waals surface area contributed by atoms with Gasteiger partial charge in [0.05, 0.1) is 30.8 Å². The number of benzene rings is 2. The zero-order chi connectivity index (χ0) is 24.1. The zero-order valence-corrected chi connectivity index (χ0v) is 19.5. The number of para-hydroxylation sites is 2. The van der Waals surface area contributed by atoms with E-state index in [9.17, 15) is 14.4 Å². The van der Waals surface area contributed by atoms with Gasteiger partial charge in [-0.05, 0) is 56.7 Å². The topological polar surface area (TPSA) is 71.8 Å². The van der Waals surface area contributed by atoms with E-state index in [-0.39, 0.29) is 31.2 Å². The largest absolute Gasteiger partial charge is 0.444 e. The Balaban J connectivity index is 1.66. The van der Waals surface area contributed by atoms with Crippen LogP contribution < -0.4 is 4.90 Å². The van der Waals surface area contributed by atoms with Crippen molar-refractivity contribution in [2.45, 2.75) is 51.3 Å². The van der Waals surface area contributed by atoms with E-state index in [0.29, 0.717) is 5.69 Å². The van der Waals surface area contributed by atoms with Crippen LogP contribution in [0, 0.1) is 0 Å². The van der Waals surface area contributed by atoms with Gasteiger partial charge in [0.25, 0.3) is 0 Å². The fraction of sp³-hybridized carbons (Fsp3) is 0.296. The zero-order valence-electron chi connectivity index (χ0n) is 19.5. The van der Waals surface area contributed by atoms with Crippen LogP contribution in [0.15, 0.2) is 72.9 Å². The van der Waals surface area contributed by atoms with E-state index in [1.807, 2.05) is 53.2 Å². The molecule has 3 amide bonds. The van der Waals surface area contributed by atoms with Crippen molar-refractivity contribution in [1.82, 2.24) is 9.47 Å². The molecule has 0 N–H and O–H groups in total. The molecule has 1 saturated heterocycles. The molecule has 2 aromatic carbocycles. The number of carbonyl (C=O) groups is 3. The predicted molar refractivity (Wildman–Crippen MR) is 127 cm³/mol. The molecular weight excluding hydrogens is 430 g/mol. The number of imide groups is 1. The van der Waals surface area contributed by atoms with Crippen LogP contribution in [-0.4, -0.2) is 33.0 Å². The van der Waals surface area contributed by atoms with E-state index < -0.39 is 17.2 Å². The molecule has 0 atom stereocenters. The van der Waals surface area contributed by atoms with Crippen LogP contribution in [-0.2, 0) is 26.4 Å². The SMILES string of the molecule is CC(C)(C)OC(=O)N1Cc2ccccc2-n2cccc2C12CC(=O)N(c1ccccc1)C(=O)C2. The Labute approximate surface area is 198 Å². The maximum Gasteiger partial charge on any atom is 0.411 e. The van der Waals surface area contributed by atoms with Gasteiger partial charge in [0.1, 0.15) is 11.1 Å². The van der Waals surface area contributed by atoms with Gasteiger partial charge in [-0.15, -0.1) is 0 Å². The molecule has 1 spiro atoms. The van der Waals surface area contributed by atoms with E-state index in [4.69, 9.17) is 4.74 Å². The summed E-state index contributed by atoms with van der Waals surface area (Å²) < 4.78 is 7.77. The second kappa shape index (κ2) is 7.87. The maximum atomic E-state index is 13.6. The highest BCUT2D eigenvalue weighted by Gasteiger charge is 2.54. The standard InChI is InChI=1S/C27H27N3O4/c1-26(2,3)34-25(33)29-18-19-10-7-8-13-21(19)28-15-9-14-22(28)27(29)16-23(31)30(24(32)17-27)20-11-5-4-6-12-20/h4-15H,16-18H2,1-3H3. The van der Waals surface area contributed by atoms with Gasteiger partial charge in [-0.3, -0.25) is 19.4 Å². The first kappa shape index (κ1) is 21.9. The number of hydrogen-bond donors (Lipinski definition) is 0. The highest BCUT2D eigenvalue weighted by molar-refractivity contribution is 6.17. The van der Waals surface area contributed by atoms with Gasteiger partial charge in [0.2, 0.25) is 11.8 Å². The molecule has 2 aliphatic rings. The highest BCUT2D eigenvalue weighted by Crippen LogP contribution is 2.46. The number of aromatic nitrogens is 1. The molecule has 0 unspecified atom stereocenters. The van der Waals surface area contributed by atoms with Crippen molar-refractivity contribution in [3.05, 3.63) is 84.2 Å². The summed E-state index contributed by atoms with van der Waals surface area (Å²) >= 11 is 0. The average molecular weight is 458 g/mol. The molecule has 7 heteroatoms. The van der Waals surface area contributed by atoms with Gasteiger partial charge in [-0.2, -0.15) is 0 Å². The monoisotopic (exact) mass is 457 g/mol. The molecule has 7 nitrogen and oxygen atoms in total. The van der Waals surface area contributed by atoms with Crippen molar-refractivity contribution in [3.8, 4) is 5.69 Å². The number of rotatable bonds is 1. The van der Waals surface area contributed by atoms with Crippen LogP contribution in [0.2, 0.25) is 0 Å². The third-order valence-corrected chi connectivity index (χ3v) is 6.34. The van der Waals surface area contributed by atoms with E-state index >= 15 is 0 Å². The van der Waals surface area contributed by atoms with E-state index in [1.165, 1.54) is 4.90 Å². The summed E-state index contributed by atoms with van der Waals surface area (Å²) in [6.45, 7) is 5.64. The van der Waals surface area contributed by atoms with Gasteiger partial charge < -0.3 is 9.30 Å². The van der Waals surface area contributed by atoms with Crippen LogP contribution in [0.4, 0.5) is 10.5 Å². The number of anilines is 1. The lowest BCUT2D eigenvalue weighted by atomic mass is 9.81. The van der Waals surface area contributed by atoms with E-state index in [1.54, 1.807) is 49.9 Å². The summed E-state index contributed by atoms with van der Waals surface area (Å²) in [5, 5.41) is 0. The first-order valence-corrected chi connectivity index (χ1v) is 11.4. The molecule has 1 aromatic heterocycles. The summed E-state index contributed by atoms with van der Waals surface area (Å²) in [6, 6.07) is 20.5. The number of piperidine rings is 1. The van der Waals surface area contributed by atoms with E-state index in [0.717, 1.165) is 16.9 Å². The summed E-state index contributed by atoms with van der Waals surface area (Å²) in [6.07, 6.45) is 1.29. The number of fused-ring (bicyclic) bond motifs is 4. The molecule has 34 heavy (non-hydrogen) atoms. The van der Waals surface area contributed by atoms with Crippen molar-refractivity contribution in [3.63, 3.8) is 0 Å². The Kier molecular flexibility index (Phi) is 5.08. The summed E-state index contributed by atoms with van der Waals surface area (Å²) in [4.78, 5) is 43.5. The molecule has 0 bridgehead atoms. The molecule has 3 aromatic rings. The Hall–Kier alpha value is -3.87. The summed E-state index contributed by atoms with van der Waals surface area (Å²) in [5.74, 6) is -0.704. The molecular formula is C27H27N3O4. The second-order valence-corrected chi connectivity index (χ2v) is 9.80. The van der Waals surface area contributed by atoms with Crippen molar-refractivity contribution in [1.29, 1.82) is 0 Å². The smallest absolute Gasteiger partial charge is 0.411 e. The Morgan fingerprint density at radius 1 is 0.882 bits per heavy atom. The van der Waals surface area contributed by atoms with E-state index in [2.05, 4.69) is 0 Å².